The van der Waals surface area contributed by atoms with Gasteiger partial charge in [-0.05, 0) is 37.6 Å². The van der Waals surface area contributed by atoms with E-state index in [1.807, 2.05) is 0 Å². The van der Waals surface area contributed by atoms with Crippen molar-refractivity contribution in [2.45, 2.75) is 12.8 Å². The second-order valence-electron chi connectivity index (χ2n) is 4.59. The Morgan fingerprint density at radius 1 is 1.42 bits per heavy atom. The van der Waals surface area contributed by atoms with E-state index in [-0.39, 0.29) is 11.8 Å². The molecule has 0 radical (unpaired) electrons. The smallest absolute Gasteiger partial charge is 0.248 e. The highest BCUT2D eigenvalue weighted by molar-refractivity contribution is 6.33. The molecule has 0 aliphatic carbocycles. The molecule has 2 rings (SSSR count). The fourth-order valence-corrected chi connectivity index (χ4v) is 2.25. The minimum atomic E-state index is -0.550. The summed E-state index contributed by atoms with van der Waals surface area (Å²) >= 11 is 6.00. The van der Waals surface area contributed by atoms with Crippen molar-refractivity contribution in [3.05, 3.63) is 28.8 Å². The van der Waals surface area contributed by atoms with Gasteiger partial charge in [-0.25, -0.2) is 0 Å². The van der Waals surface area contributed by atoms with Crippen LogP contribution in [0.15, 0.2) is 18.2 Å². The fraction of sp³-hybridized carbons (Fsp3) is 0.385. The van der Waals surface area contributed by atoms with Crippen molar-refractivity contribution in [3.8, 4) is 0 Å². The van der Waals surface area contributed by atoms with Gasteiger partial charge in [0, 0.05) is 12.1 Å². The molecule has 1 saturated heterocycles. The van der Waals surface area contributed by atoms with E-state index < -0.39 is 5.91 Å². The lowest BCUT2D eigenvalue weighted by Gasteiger charge is -2.22. The van der Waals surface area contributed by atoms with Gasteiger partial charge in [-0.3, -0.25) is 9.59 Å². The van der Waals surface area contributed by atoms with Gasteiger partial charge in [-0.1, -0.05) is 11.6 Å². The van der Waals surface area contributed by atoms with Gasteiger partial charge in [0.25, 0.3) is 0 Å². The van der Waals surface area contributed by atoms with Crippen LogP contribution in [0.5, 0.6) is 0 Å². The first-order valence-corrected chi connectivity index (χ1v) is 6.56. The second-order valence-corrected chi connectivity index (χ2v) is 5.00. The van der Waals surface area contributed by atoms with Crippen molar-refractivity contribution >= 4 is 29.1 Å². The molecule has 1 fully saturated rings. The van der Waals surface area contributed by atoms with E-state index in [4.69, 9.17) is 17.3 Å². The molecule has 19 heavy (non-hydrogen) atoms. The van der Waals surface area contributed by atoms with Crippen molar-refractivity contribution < 1.29 is 9.59 Å². The number of nitrogens with two attached hydrogens (primary N) is 1. The predicted molar refractivity (Wildman–Crippen MR) is 74.2 cm³/mol. The van der Waals surface area contributed by atoms with Crippen LogP contribution >= 0.6 is 11.6 Å². The molecule has 1 aromatic carbocycles. The van der Waals surface area contributed by atoms with Gasteiger partial charge < -0.3 is 16.4 Å². The molecular formula is C13H16ClN3O2. The average molecular weight is 282 g/mol. The van der Waals surface area contributed by atoms with Crippen LogP contribution < -0.4 is 16.4 Å². The highest BCUT2D eigenvalue weighted by Crippen LogP contribution is 2.24. The van der Waals surface area contributed by atoms with Crippen molar-refractivity contribution in [3.63, 3.8) is 0 Å². The molecule has 1 atom stereocenters. The van der Waals surface area contributed by atoms with Crippen molar-refractivity contribution in [2.24, 2.45) is 11.7 Å². The summed E-state index contributed by atoms with van der Waals surface area (Å²) in [4.78, 5) is 23.2. The molecular weight excluding hydrogens is 266 g/mol. The van der Waals surface area contributed by atoms with Gasteiger partial charge >= 0.3 is 0 Å². The Bertz CT molecular complexity index is 499. The maximum Gasteiger partial charge on any atom is 0.248 e. The van der Waals surface area contributed by atoms with Gasteiger partial charge in [-0.2, -0.15) is 0 Å². The highest BCUT2D eigenvalue weighted by atomic mass is 35.5. The first-order chi connectivity index (χ1) is 9.08. The predicted octanol–water partition coefficient (Wildman–Crippen LogP) is 1.38. The number of halogens is 1. The van der Waals surface area contributed by atoms with Gasteiger partial charge in [0.05, 0.1) is 16.6 Å². The molecule has 0 spiro atoms. The monoisotopic (exact) mass is 281 g/mol. The van der Waals surface area contributed by atoms with E-state index in [0.29, 0.717) is 22.8 Å². The second kappa shape index (κ2) is 6.04. The molecule has 1 aromatic rings. The lowest BCUT2D eigenvalue weighted by molar-refractivity contribution is -0.120. The molecule has 5 nitrogen and oxygen atoms in total. The van der Waals surface area contributed by atoms with Crippen molar-refractivity contribution in [1.29, 1.82) is 0 Å². The maximum atomic E-state index is 12.1. The average Bonchev–Trinajstić information content (AvgIpc) is 2.42. The number of hydrogen-bond donors (Lipinski definition) is 3. The molecule has 102 valence electrons. The van der Waals surface area contributed by atoms with Crippen LogP contribution in [0.2, 0.25) is 5.02 Å². The van der Waals surface area contributed by atoms with Crippen molar-refractivity contribution in [1.82, 2.24) is 5.32 Å². The number of carbonyl (C=O) groups excluding carboxylic acids is 2. The van der Waals surface area contributed by atoms with Crippen LogP contribution in [0, 0.1) is 5.92 Å². The largest absolute Gasteiger partial charge is 0.366 e. The summed E-state index contributed by atoms with van der Waals surface area (Å²) in [5.74, 6) is -0.704. The van der Waals surface area contributed by atoms with E-state index >= 15 is 0 Å². The number of anilines is 1. The molecule has 2 amide bonds. The molecule has 1 aliphatic rings. The van der Waals surface area contributed by atoms with E-state index in [9.17, 15) is 9.59 Å². The number of carbonyl (C=O) groups is 2. The van der Waals surface area contributed by atoms with Gasteiger partial charge in [0.2, 0.25) is 11.8 Å². The Morgan fingerprint density at radius 3 is 2.84 bits per heavy atom. The van der Waals surface area contributed by atoms with E-state index in [1.165, 1.54) is 12.1 Å². The van der Waals surface area contributed by atoms with Gasteiger partial charge in [-0.15, -0.1) is 0 Å². The van der Waals surface area contributed by atoms with Gasteiger partial charge in [0.15, 0.2) is 0 Å². The van der Waals surface area contributed by atoms with Crippen molar-refractivity contribution in [2.75, 3.05) is 18.4 Å². The number of piperidine rings is 1. The third-order valence-electron chi connectivity index (χ3n) is 3.18. The first kappa shape index (κ1) is 13.8. The normalized spacial score (nSPS) is 18.9. The SMILES string of the molecule is NC(=O)c1ccc(Cl)c(NC(=O)[C@H]2CCCNC2)c1. The number of hydrogen-bond acceptors (Lipinski definition) is 3. The molecule has 0 unspecified atom stereocenters. The zero-order valence-electron chi connectivity index (χ0n) is 10.4. The Hall–Kier alpha value is -1.59. The fourth-order valence-electron chi connectivity index (χ4n) is 2.08. The van der Waals surface area contributed by atoms with Crippen LogP contribution in [0.25, 0.3) is 0 Å². The molecule has 1 heterocycles. The lowest BCUT2D eigenvalue weighted by Crippen LogP contribution is -2.37. The highest BCUT2D eigenvalue weighted by Gasteiger charge is 2.21. The number of amides is 2. The number of rotatable bonds is 3. The summed E-state index contributed by atoms with van der Waals surface area (Å²) in [5, 5.41) is 6.33. The third kappa shape index (κ3) is 3.45. The molecule has 0 bridgehead atoms. The third-order valence-corrected chi connectivity index (χ3v) is 3.51. The summed E-state index contributed by atoms with van der Waals surface area (Å²) in [5.41, 5.74) is 5.95. The number of benzene rings is 1. The summed E-state index contributed by atoms with van der Waals surface area (Å²) in [7, 11) is 0. The lowest BCUT2D eigenvalue weighted by atomic mass is 9.98. The number of nitrogens with one attached hydrogen (secondary N) is 2. The molecule has 6 heteroatoms. The van der Waals surface area contributed by atoms with Crippen LogP contribution in [0.1, 0.15) is 23.2 Å². The molecule has 0 saturated carbocycles. The van der Waals surface area contributed by atoms with E-state index in [1.54, 1.807) is 6.07 Å². The van der Waals surface area contributed by atoms with Crippen LogP contribution in [-0.2, 0) is 4.79 Å². The Kier molecular flexibility index (Phi) is 4.39. The molecule has 0 aromatic heterocycles. The Balaban J connectivity index is 2.11. The molecule has 1 aliphatic heterocycles. The summed E-state index contributed by atoms with van der Waals surface area (Å²) < 4.78 is 0. The zero-order valence-corrected chi connectivity index (χ0v) is 11.2. The maximum absolute atomic E-state index is 12.1. The standard InChI is InChI=1S/C13H16ClN3O2/c14-10-4-3-8(12(15)18)6-11(10)17-13(19)9-2-1-5-16-7-9/h3-4,6,9,16H,1-2,5,7H2,(H2,15,18)(H,17,19)/t9-/m0/s1. The Labute approximate surface area is 116 Å². The summed E-state index contributed by atoms with van der Waals surface area (Å²) in [6.45, 7) is 1.61. The van der Waals surface area contributed by atoms with Crippen LogP contribution in [-0.4, -0.2) is 24.9 Å². The minimum absolute atomic E-state index is 0.0675. The van der Waals surface area contributed by atoms with E-state index in [0.717, 1.165) is 19.4 Å². The summed E-state index contributed by atoms with van der Waals surface area (Å²) in [6, 6.07) is 4.58. The van der Waals surface area contributed by atoms with Crippen LogP contribution in [0.4, 0.5) is 5.69 Å². The van der Waals surface area contributed by atoms with Gasteiger partial charge in [0.1, 0.15) is 0 Å². The Morgan fingerprint density at radius 2 is 2.21 bits per heavy atom. The molecule has 4 N–H and O–H groups in total. The minimum Gasteiger partial charge on any atom is -0.366 e. The summed E-state index contributed by atoms with van der Waals surface area (Å²) in [6.07, 6.45) is 1.83. The first-order valence-electron chi connectivity index (χ1n) is 6.19. The van der Waals surface area contributed by atoms with Crippen LogP contribution in [0.3, 0.4) is 0 Å². The topological polar surface area (TPSA) is 84.2 Å². The number of primary amides is 1. The zero-order chi connectivity index (χ0) is 13.8. The van der Waals surface area contributed by atoms with E-state index in [2.05, 4.69) is 10.6 Å². The quantitative estimate of drug-likeness (QED) is 0.782.